The predicted octanol–water partition coefficient (Wildman–Crippen LogP) is 4.53. The number of hydrogen-bond acceptors (Lipinski definition) is 4. The van der Waals surface area contributed by atoms with E-state index < -0.39 is 0 Å². The van der Waals surface area contributed by atoms with Gasteiger partial charge < -0.3 is 5.11 Å². The van der Waals surface area contributed by atoms with Crippen molar-refractivity contribution < 1.29 is 14.7 Å². The molecule has 1 aromatic carbocycles. The fraction of sp³-hybridized carbons (Fsp3) is 0.286. The molecule has 1 N–H and O–H groups in total. The molecule has 7 heteroatoms. The summed E-state index contributed by atoms with van der Waals surface area (Å²) in [5.41, 5.74) is 0.553. The van der Waals surface area contributed by atoms with Crippen LogP contribution < -0.4 is 0 Å². The Labute approximate surface area is 136 Å². The third-order valence-electron chi connectivity index (χ3n) is 3.19. The van der Waals surface area contributed by atoms with Crippen molar-refractivity contribution in [2.45, 2.75) is 26.3 Å². The molecule has 1 saturated heterocycles. The zero-order chi connectivity index (χ0) is 15.7. The van der Waals surface area contributed by atoms with Gasteiger partial charge in [-0.2, -0.15) is 0 Å². The van der Waals surface area contributed by atoms with Crippen LogP contribution in [-0.4, -0.2) is 27.2 Å². The molecule has 0 aromatic heterocycles. The fourth-order valence-electron chi connectivity index (χ4n) is 1.86. The van der Waals surface area contributed by atoms with Crippen LogP contribution in [0.3, 0.4) is 0 Å². The van der Waals surface area contributed by atoms with Gasteiger partial charge >= 0.3 is 0 Å². The topological polar surface area (TPSA) is 57.6 Å². The number of amides is 2. The highest BCUT2D eigenvalue weighted by atomic mass is 35.5. The monoisotopic (exact) mass is 345 g/mol. The Morgan fingerprint density at radius 3 is 2.43 bits per heavy atom. The minimum Gasteiger partial charge on any atom is -0.505 e. The standard InChI is InChI=1S/C14H13Cl2NO3S/c1-3-7(2)17-13(19)11(21-14(17)20)6-8-4-9(15)12(18)10(16)5-8/h4-7,18H,3H2,1-2H3/b11-6+/t7-/m1/s1. The highest BCUT2D eigenvalue weighted by Gasteiger charge is 2.37. The summed E-state index contributed by atoms with van der Waals surface area (Å²) in [5, 5.41) is 9.42. The summed E-state index contributed by atoms with van der Waals surface area (Å²) in [7, 11) is 0. The highest BCUT2D eigenvalue weighted by Crippen LogP contribution is 2.37. The number of thioether (sulfide) groups is 1. The van der Waals surface area contributed by atoms with Gasteiger partial charge in [0.15, 0.2) is 5.75 Å². The minimum atomic E-state index is -0.320. The Balaban J connectivity index is 2.35. The number of nitrogens with zero attached hydrogens (tertiary/aromatic N) is 1. The van der Waals surface area contributed by atoms with Gasteiger partial charge in [-0.25, -0.2) is 0 Å². The first kappa shape index (κ1) is 16.2. The van der Waals surface area contributed by atoms with Crippen molar-refractivity contribution >= 4 is 52.2 Å². The van der Waals surface area contributed by atoms with Crippen molar-refractivity contribution in [3.05, 3.63) is 32.6 Å². The molecule has 4 nitrogen and oxygen atoms in total. The van der Waals surface area contributed by atoms with E-state index in [9.17, 15) is 14.7 Å². The molecular weight excluding hydrogens is 333 g/mol. The zero-order valence-electron chi connectivity index (χ0n) is 11.4. The number of phenolic OH excluding ortho intramolecular Hbond substituents is 1. The second-order valence-electron chi connectivity index (χ2n) is 4.64. The van der Waals surface area contributed by atoms with Crippen LogP contribution in [0.15, 0.2) is 17.0 Å². The number of carbonyl (C=O) groups is 2. The van der Waals surface area contributed by atoms with Gasteiger partial charge in [-0.3, -0.25) is 14.5 Å². The van der Waals surface area contributed by atoms with Crippen molar-refractivity contribution in [2.24, 2.45) is 0 Å². The van der Waals surface area contributed by atoms with E-state index in [1.165, 1.54) is 17.0 Å². The molecule has 2 rings (SSSR count). The highest BCUT2D eigenvalue weighted by molar-refractivity contribution is 8.18. The van der Waals surface area contributed by atoms with E-state index in [0.29, 0.717) is 16.9 Å². The molecule has 112 valence electrons. The summed E-state index contributed by atoms with van der Waals surface area (Å²) in [6, 6.07) is 2.83. The van der Waals surface area contributed by atoms with Crippen molar-refractivity contribution in [1.29, 1.82) is 0 Å². The molecule has 0 aliphatic carbocycles. The summed E-state index contributed by atoms with van der Waals surface area (Å²) >= 11 is 12.6. The summed E-state index contributed by atoms with van der Waals surface area (Å²) in [6.07, 6.45) is 2.24. The lowest BCUT2D eigenvalue weighted by molar-refractivity contribution is -0.124. The van der Waals surface area contributed by atoms with Gasteiger partial charge in [0.05, 0.1) is 15.0 Å². The smallest absolute Gasteiger partial charge is 0.293 e. The Hall–Kier alpha value is -1.17. The SMILES string of the molecule is CC[C@@H](C)N1C(=O)S/C(=C/c2cc(Cl)c(O)c(Cl)c2)C1=O. The van der Waals surface area contributed by atoms with Crippen LogP contribution >= 0.6 is 35.0 Å². The number of imide groups is 1. The lowest BCUT2D eigenvalue weighted by atomic mass is 10.2. The zero-order valence-corrected chi connectivity index (χ0v) is 13.7. The van der Waals surface area contributed by atoms with Crippen molar-refractivity contribution in [3.63, 3.8) is 0 Å². The molecule has 2 amide bonds. The fourth-order valence-corrected chi connectivity index (χ4v) is 3.30. The van der Waals surface area contributed by atoms with Gasteiger partial charge in [-0.1, -0.05) is 30.1 Å². The molecule has 0 radical (unpaired) electrons. The summed E-state index contributed by atoms with van der Waals surface area (Å²) in [4.78, 5) is 25.7. The number of carbonyl (C=O) groups excluding carboxylic acids is 2. The molecule has 0 bridgehead atoms. The first-order chi connectivity index (χ1) is 9.85. The van der Waals surface area contributed by atoms with Crippen LogP contribution in [0.1, 0.15) is 25.8 Å². The lowest BCUT2D eigenvalue weighted by Crippen LogP contribution is -2.36. The number of phenols is 1. The molecule has 0 unspecified atom stereocenters. The summed E-state index contributed by atoms with van der Waals surface area (Å²) < 4.78 is 0. The number of benzene rings is 1. The molecule has 21 heavy (non-hydrogen) atoms. The third-order valence-corrected chi connectivity index (χ3v) is 4.65. The minimum absolute atomic E-state index is 0.0925. The van der Waals surface area contributed by atoms with E-state index in [2.05, 4.69) is 0 Å². The number of aromatic hydroxyl groups is 1. The quantitative estimate of drug-likeness (QED) is 0.817. The molecule has 1 atom stereocenters. The molecule has 0 spiro atoms. The van der Waals surface area contributed by atoms with Crippen LogP contribution in [-0.2, 0) is 4.79 Å². The van der Waals surface area contributed by atoms with Gasteiger partial charge in [0.2, 0.25) is 0 Å². The molecule has 1 aromatic rings. The van der Waals surface area contributed by atoms with E-state index in [1.807, 2.05) is 13.8 Å². The Morgan fingerprint density at radius 1 is 1.33 bits per heavy atom. The van der Waals surface area contributed by atoms with Crippen molar-refractivity contribution in [2.75, 3.05) is 0 Å². The van der Waals surface area contributed by atoms with E-state index in [-0.39, 0.29) is 33.0 Å². The van der Waals surface area contributed by atoms with Crippen LogP contribution in [0.25, 0.3) is 6.08 Å². The van der Waals surface area contributed by atoms with Gasteiger partial charge in [0.25, 0.3) is 11.1 Å². The Bertz CT molecular complexity index is 622. The van der Waals surface area contributed by atoms with Crippen LogP contribution in [0, 0.1) is 0 Å². The molecule has 1 fully saturated rings. The van der Waals surface area contributed by atoms with Crippen molar-refractivity contribution in [3.8, 4) is 5.75 Å². The molecule has 1 heterocycles. The number of rotatable bonds is 3. The maximum absolute atomic E-state index is 12.3. The van der Waals surface area contributed by atoms with Gasteiger partial charge in [0, 0.05) is 6.04 Å². The predicted molar refractivity (Wildman–Crippen MR) is 85.7 cm³/mol. The Morgan fingerprint density at radius 2 is 1.90 bits per heavy atom. The molecule has 1 aliphatic heterocycles. The van der Waals surface area contributed by atoms with Crippen LogP contribution in [0.4, 0.5) is 4.79 Å². The number of halogens is 2. The molecule has 0 saturated carbocycles. The van der Waals surface area contributed by atoms with Crippen LogP contribution in [0.5, 0.6) is 5.75 Å². The van der Waals surface area contributed by atoms with E-state index >= 15 is 0 Å². The molecule has 1 aliphatic rings. The number of hydrogen-bond donors (Lipinski definition) is 1. The third kappa shape index (κ3) is 3.20. The first-order valence-corrected chi connectivity index (χ1v) is 7.87. The van der Waals surface area contributed by atoms with Crippen molar-refractivity contribution in [1.82, 2.24) is 4.90 Å². The van der Waals surface area contributed by atoms with Gasteiger partial charge in [-0.15, -0.1) is 0 Å². The largest absolute Gasteiger partial charge is 0.505 e. The summed E-state index contributed by atoms with van der Waals surface area (Å²) in [6.45, 7) is 3.74. The first-order valence-electron chi connectivity index (χ1n) is 6.30. The maximum Gasteiger partial charge on any atom is 0.293 e. The summed E-state index contributed by atoms with van der Waals surface area (Å²) in [5.74, 6) is -0.525. The average molecular weight is 346 g/mol. The second kappa shape index (κ2) is 6.30. The van der Waals surface area contributed by atoms with Gasteiger partial charge in [0.1, 0.15) is 0 Å². The maximum atomic E-state index is 12.3. The lowest BCUT2D eigenvalue weighted by Gasteiger charge is -2.19. The molecular formula is C14H13Cl2NO3S. The van der Waals surface area contributed by atoms with E-state index in [4.69, 9.17) is 23.2 Å². The van der Waals surface area contributed by atoms with Crippen LogP contribution in [0.2, 0.25) is 10.0 Å². The normalized spacial score (nSPS) is 18.7. The van der Waals surface area contributed by atoms with E-state index in [0.717, 1.165) is 11.8 Å². The Kier molecular flexibility index (Phi) is 4.86. The van der Waals surface area contributed by atoms with E-state index in [1.54, 1.807) is 6.08 Å². The van der Waals surface area contributed by atoms with Gasteiger partial charge in [-0.05, 0) is 48.9 Å². The second-order valence-corrected chi connectivity index (χ2v) is 6.45. The average Bonchev–Trinajstić information content (AvgIpc) is 2.70.